The highest BCUT2D eigenvalue weighted by atomic mass is 35.5. The van der Waals surface area contributed by atoms with Gasteiger partial charge in [-0.15, -0.1) is 0 Å². The Labute approximate surface area is 154 Å². The maximum atomic E-state index is 14.3. The maximum Gasteiger partial charge on any atom is 0.272 e. The van der Waals surface area contributed by atoms with Crippen LogP contribution in [0, 0.1) is 15.9 Å². The summed E-state index contributed by atoms with van der Waals surface area (Å²) in [4.78, 5) is 10.1. The molecule has 0 bridgehead atoms. The molecule has 0 heterocycles. The average molecular weight is 384 g/mol. The minimum absolute atomic E-state index is 0.0153. The largest absolute Gasteiger partial charge is 0.479 e. The fourth-order valence-corrected chi connectivity index (χ4v) is 3.89. The molecule has 4 nitrogen and oxygen atoms in total. The minimum Gasteiger partial charge on any atom is -0.479 e. The molecular formula is C18H16Cl2FNO3. The summed E-state index contributed by atoms with van der Waals surface area (Å²) in [5, 5.41) is 11.8. The number of nitro benzene ring substituents is 1. The predicted molar refractivity (Wildman–Crippen MR) is 94.9 cm³/mol. The van der Waals surface area contributed by atoms with Gasteiger partial charge < -0.3 is 4.74 Å². The summed E-state index contributed by atoms with van der Waals surface area (Å²) >= 11 is 12.4. The molecule has 0 spiro atoms. The van der Waals surface area contributed by atoms with Gasteiger partial charge in [-0.05, 0) is 43.9 Å². The van der Waals surface area contributed by atoms with Crippen LogP contribution >= 0.6 is 23.2 Å². The second kappa shape index (κ2) is 7.18. The Morgan fingerprint density at radius 3 is 2.40 bits per heavy atom. The molecule has 0 unspecified atom stereocenters. The van der Waals surface area contributed by atoms with Crippen molar-refractivity contribution in [2.75, 3.05) is 0 Å². The number of ether oxygens (including phenoxy) is 1. The third kappa shape index (κ3) is 3.72. The van der Waals surface area contributed by atoms with Crippen LogP contribution in [0.3, 0.4) is 0 Å². The van der Waals surface area contributed by atoms with Crippen molar-refractivity contribution in [3.63, 3.8) is 0 Å². The monoisotopic (exact) mass is 383 g/mol. The van der Waals surface area contributed by atoms with E-state index in [0.29, 0.717) is 22.9 Å². The minimum atomic E-state index is -0.767. The molecule has 0 N–H and O–H groups in total. The zero-order valence-electron chi connectivity index (χ0n) is 13.3. The zero-order valence-corrected chi connectivity index (χ0v) is 14.8. The number of hydrogen-bond donors (Lipinski definition) is 0. The quantitative estimate of drug-likeness (QED) is 0.461. The summed E-state index contributed by atoms with van der Waals surface area (Å²) in [6, 6.07) is 8.58. The Morgan fingerprint density at radius 1 is 1.08 bits per heavy atom. The fraction of sp³-hybridized carbons (Fsp3) is 0.333. The normalized spacial score (nSPS) is 16.4. The van der Waals surface area contributed by atoms with E-state index in [2.05, 4.69) is 0 Å². The van der Waals surface area contributed by atoms with Crippen LogP contribution in [0.1, 0.15) is 37.7 Å². The lowest BCUT2D eigenvalue weighted by molar-refractivity contribution is -0.385. The van der Waals surface area contributed by atoms with E-state index in [1.807, 2.05) is 0 Å². The van der Waals surface area contributed by atoms with E-state index in [-0.39, 0.29) is 11.4 Å². The standard InChI is InChI=1S/C18H16Cl2FNO3/c19-12-4-6-14(15(20)10-12)18(8-2-1-3-9-18)25-17-7-5-13(22(23)24)11-16(17)21/h4-7,10-11H,1-3,8-9H2. The van der Waals surface area contributed by atoms with E-state index in [0.717, 1.165) is 30.9 Å². The molecule has 25 heavy (non-hydrogen) atoms. The van der Waals surface area contributed by atoms with Crippen molar-refractivity contribution in [2.24, 2.45) is 0 Å². The molecular weight excluding hydrogens is 368 g/mol. The molecule has 0 radical (unpaired) electrons. The Balaban J connectivity index is 2.01. The molecule has 2 aromatic rings. The van der Waals surface area contributed by atoms with Crippen molar-refractivity contribution in [1.29, 1.82) is 0 Å². The number of halogens is 3. The van der Waals surface area contributed by atoms with Gasteiger partial charge in [0, 0.05) is 21.7 Å². The van der Waals surface area contributed by atoms with Crippen molar-refractivity contribution in [1.82, 2.24) is 0 Å². The predicted octanol–water partition coefficient (Wildman–Crippen LogP) is 6.28. The van der Waals surface area contributed by atoms with Crippen molar-refractivity contribution >= 4 is 28.9 Å². The third-order valence-corrected chi connectivity index (χ3v) is 5.06. The molecule has 132 valence electrons. The summed E-state index contributed by atoms with van der Waals surface area (Å²) in [7, 11) is 0. The van der Waals surface area contributed by atoms with Gasteiger partial charge in [-0.3, -0.25) is 10.1 Å². The molecule has 0 saturated heterocycles. The summed E-state index contributed by atoms with van der Waals surface area (Å²) < 4.78 is 20.4. The molecule has 1 fully saturated rings. The van der Waals surface area contributed by atoms with Gasteiger partial charge in [0.1, 0.15) is 5.60 Å². The van der Waals surface area contributed by atoms with Crippen LogP contribution < -0.4 is 4.74 Å². The summed E-state index contributed by atoms with van der Waals surface area (Å²) in [5.41, 5.74) is -0.320. The van der Waals surface area contributed by atoms with Crippen LogP contribution in [-0.4, -0.2) is 4.92 Å². The molecule has 2 aromatic carbocycles. The summed E-state index contributed by atoms with van der Waals surface area (Å²) in [6.07, 6.45) is 4.29. The Morgan fingerprint density at radius 2 is 1.80 bits per heavy atom. The van der Waals surface area contributed by atoms with E-state index in [9.17, 15) is 14.5 Å². The van der Waals surface area contributed by atoms with Gasteiger partial charge in [-0.2, -0.15) is 0 Å². The first kappa shape index (κ1) is 18.0. The van der Waals surface area contributed by atoms with Gasteiger partial charge in [0.2, 0.25) is 0 Å². The van der Waals surface area contributed by atoms with Gasteiger partial charge in [-0.1, -0.05) is 35.7 Å². The molecule has 1 saturated carbocycles. The van der Waals surface area contributed by atoms with E-state index in [4.69, 9.17) is 27.9 Å². The molecule has 0 aromatic heterocycles. The molecule has 0 atom stereocenters. The molecule has 1 aliphatic carbocycles. The second-order valence-corrected chi connectivity index (χ2v) is 7.00. The lowest BCUT2D eigenvalue weighted by Gasteiger charge is -2.38. The number of nitro groups is 1. The van der Waals surface area contributed by atoms with Crippen LogP contribution in [0.25, 0.3) is 0 Å². The lowest BCUT2D eigenvalue weighted by atomic mass is 9.79. The highest BCUT2D eigenvalue weighted by molar-refractivity contribution is 6.35. The number of nitrogens with zero attached hydrogens (tertiary/aromatic N) is 1. The van der Waals surface area contributed by atoms with E-state index < -0.39 is 16.3 Å². The fourth-order valence-electron chi connectivity index (χ4n) is 3.30. The van der Waals surface area contributed by atoms with Gasteiger partial charge >= 0.3 is 0 Å². The third-order valence-electron chi connectivity index (χ3n) is 4.51. The van der Waals surface area contributed by atoms with Gasteiger partial charge in [0.05, 0.1) is 11.0 Å². The number of rotatable bonds is 4. The van der Waals surface area contributed by atoms with Crippen LogP contribution in [0.5, 0.6) is 5.75 Å². The van der Waals surface area contributed by atoms with Crippen LogP contribution in [0.4, 0.5) is 10.1 Å². The maximum absolute atomic E-state index is 14.3. The Kier molecular flexibility index (Phi) is 5.16. The Hall–Kier alpha value is -1.85. The number of non-ortho nitro benzene ring substituents is 1. The van der Waals surface area contributed by atoms with Crippen LogP contribution in [0.15, 0.2) is 36.4 Å². The van der Waals surface area contributed by atoms with Crippen molar-refractivity contribution < 1.29 is 14.1 Å². The van der Waals surface area contributed by atoms with Crippen molar-refractivity contribution in [2.45, 2.75) is 37.7 Å². The van der Waals surface area contributed by atoms with E-state index in [1.54, 1.807) is 18.2 Å². The smallest absolute Gasteiger partial charge is 0.272 e. The van der Waals surface area contributed by atoms with Gasteiger partial charge in [0.25, 0.3) is 5.69 Å². The molecule has 0 aliphatic heterocycles. The Bertz CT molecular complexity index is 807. The first-order valence-corrected chi connectivity index (χ1v) is 8.75. The van der Waals surface area contributed by atoms with E-state index in [1.165, 1.54) is 12.1 Å². The molecule has 1 aliphatic rings. The highest BCUT2D eigenvalue weighted by Gasteiger charge is 2.38. The van der Waals surface area contributed by atoms with Crippen molar-refractivity contribution in [3.8, 4) is 5.75 Å². The lowest BCUT2D eigenvalue weighted by Crippen LogP contribution is -2.36. The zero-order chi connectivity index (χ0) is 18.0. The number of benzene rings is 2. The molecule has 3 rings (SSSR count). The van der Waals surface area contributed by atoms with Crippen LogP contribution in [0.2, 0.25) is 10.0 Å². The van der Waals surface area contributed by atoms with Crippen molar-refractivity contribution in [3.05, 3.63) is 67.9 Å². The topological polar surface area (TPSA) is 52.4 Å². The average Bonchev–Trinajstić information content (AvgIpc) is 2.57. The summed E-state index contributed by atoms with van der Waals surface area (Å²) in [6.45, 7) is 0. The first-order valence-electron chi connectivity index (χ1n) is 8.00. The molecule has 0 amide bonds. The van der Waals surface area contributed by atoms with Crippen LogP contribution in [-0.2, 0) is 5.60 Å². The number of hydrogen-bond acceptors (Lipinski definition) is 3. The van der Waals surface area contributed by atoms with Gasteiger partial charge in [-0.25, -0.2) is 4.39 Å². The SMILES string of the molecule is O=[N+]([O-])c1ccc(OC2(c3ccc(Cl)cc3Cl)CCCCC2)c(F)c1. The highest BCUT2D eigenvalue weighted by Crippen LogP contribution is 2.45. The molecule has 7 heteroatoms. The summed E-state index contributed by atoms with van der Waals surface area (Å²) in [5.74, 6) is -0.775. The first-order chi connectivity index (χ1) is 11.9. The van der Waals surface area contributed by atoms with E-state index >= 15 is 0 Å². The van der Waals surface area contributed by atoms with Gasteiger partial charge in [0.15, 0.2) is 11.6 Å². The second-order valence-electron chi connectivity index (χ2n) is 6.15.